The maximum absolute atomic E-state index is 9.21. The summed E-state index contributed by atoms with van der Waals surface area (Å²) in [5.41, 5.74) is 9.01. The van der Waals surface area contributed by atoms with E-state index in [2.05, 4.69) is 61.5 Å². The van der Waals surface area contributed by atoms with Crippen molar-refractivity contribution in [2.75, 3.05) is 0 Å². The predicted molar refractivity (Wildman–Crippen MR) is 90.8 cm³/mol. The summed E-state index contributed by atoms with van der Waals surface area (Å²) in [4.78, 5) is 0. The fourth-order valence-electron chi connectivity index (χ4n) is 3.58. The highest BCUT2D eigenvalue weighted by molar-refractivity contribution is 5.86. The topological polar surface area (TPSA) is 20.2 Å². The molecular formula is C21H18O. The summed E-state index contributed by atoms with van der Waals surface area (Å²) in [5, 5.41) is 9.21. The fraction of sp³-hybridized carbons (Fsp3) is 0.143. The molecule has 0 bridgehead atoms. The van der Waals surface area contributed by atoms with Crippen molar-refractivity contribution in [1.29, 1.82) is 0 Å². The molecule has 1 aliphatic rings. The number of hydrogen-bond acceptors (Lipinski definition) is 1. The van der Waals surface area contributed by atoms with Crippen molar-refractivity contribution in [2.24, 2.45) is 0 Å². The van der Waals surface area contributed by atoms with Gasteiger partial charge in [0.1, 0.15) is 0 Å². The van der Waals surface area contributed by atoms with Crippen LogP contribution in [0.2, 0.25) is 0 Å². The standard InChI is InChI=1S/C21H18O/c1-14-17-5-2-3-6-19(17)20-8-4-7-18(21(14)20)16-11-9-15(13-22)10-12-16/h2-12,14,22H,13H2,1H3. The van der Waals surface area contributed by atoms with Crippen molar-refractivity contribution in [3.8, 4) is 22.3 Å². The highest BCUT2D eigenvalue weighted by atomic mass is 16.3. The van der Waals surface area contributed by atoms with Crippen LogP contribution in [0.5, 0.6) is 0 Å². The Morgan fingerprint density at radius 1 is 0.773 bits per heavy atom. The summed E-state index contributed by atoms with van der Waals surface area (Å²) in [6.45, 7) is 2.38. The molecule has 0 saturated heterocycles. The first-order valence-corrected chi connectivity index (χ1v) is 7.72. The molecule has 0 amide bonds. The molecule has 1 unspecified atom stereocenters. The molecule has 3 aromatic carbocycles. The molecule has 1 heteroatoms. The van der Waals surface area contributed by atoms with E-state index in [0.29, 0.717) is 5.92 Å². The maximum Gasteiger partial charge on any atom is 0.0681 e. The minimum absolute atomic E-state index is 0.0923. The van der Waals surface area contributed by atoms with Gasteiger partial charge in [-0.3, -0.25) is 0 Å². The normalized spacial score (nSPS) is 15.5. The van der Waals surface area contributed by atoms with Crippen molar-refractivity contribution >= 4 is 0 Å². The van der Waals surface area contributed by atoms with E-state index in [1.165, 1.54) is 33.4 Å². The third kappa shape index (κ3) is 1.90. The van der Waals surface area contributed by atoms with E-state index in [0.717, 1.165) is 5.56 Å². The van der Waals surface area contributed by atoms with Crippen molar-refractivity contribution in [3.05, 3.63) is 83.4 Å². The Morgan fingerprint density at radius 2 is 1.45 bits per heavy atom. The zero-order valence-electron chi connectivity index (χ0n) is 12.6. The molecule has 0 radical (unpaired) electrons. The minimum atomic E-state index is 0.0923. The van der Waals surface area contributed by atoms with Crippen LogP contribution in [0.1, 0.15) is 29.5 Å². The molecule has 108 valence electrons. The SMILES string of the molecule is CC1c2ccccc2-c2cccc(-c3ccc(CO)cc3)c21. The van der Waals surface area contributed by atoms with E-state index in [4.69, 9.17) is 0 Å². The summed E-state index contributed by atoms with van der Waals surface area (Å²) >= 11 is 0. The average molecular weight is 286 g/mol. The molecule has 0 saturated carbocycles. The second-order valence-corrected chi connectivity index (χ2v) is 5.93. The Hall–Kier alpha value is -2.38. The third-order valence-electron chi connectivity index (χ3n) is 4.70. The number of hydrogen-bond donors (Lipinski definition) is 1. The second kappa shape index (κ2) is 5.11. The van der Waals surface area contributed by atoms with Crippen molar-refractivity contribution in [2.45, 2.75) is 19.4 Å². The van der Waals surface area contributed by atoms with Gasteiger partial charge < -0.3 is 5.11 Å². The Labute approximate surface area is 130 Å². The zero-order chi connectivity index (χ0) is 15.1. The van der Waals surface area contributed by atoms with E-state index in [1.54, 1.807) is 0 Å². The number of fused-ring (bicyclic) bond motifs is 3. The van der Waals surface area contributed by atoms with Gasteiger partial charge in [-0.2, -0.15) is 0 Å². The Balaban J connectivity index is 1.90. The summed E-state index contributed by atoms with van der Waals surface area (Å²) < 4.78 is 0. The van der Waals surface area contributed by atoms with Gasteiger partial charge in [0.2, 0.25) is 0 Å². The van der Waals surface area contributed by atoms with Crippen LogP contribution < -0.4 is 0 Å². The van der Waals surface area contributed by atoms with Crippen molar-refractivity contribution in [3.63, 3.8) is 0 Å². The zero-order valence-corrected chi connectivity index (χ0v) is 12.6. The lowest BCUT2D eigenvalue weighted by Crippen LogP contribution is -1.94. The van der Waals surface area contributed by atoms with E-state index in [9.17, 15) is 5.11 Å². The highest BCUT2D eigenvalue weighted by Gasteiger charge is 2.27. The van der Waals surface area contributed by atoms with Gasteiger partial charge in [-0.1, -0.05) is 73.7 Å². The first-order valence-electron chi connectivity index (χ1n) is 7.72. The van der Waals surface area contributed by atoms with Gasteiger partial charge in [-0.05, 0) is 38.9 Å². The lowest BCUT2D eigenvalue weighted by Gasteiger charge is -2.13. The largest absolute Gasteiger partial charge is 0.392 e. The molecule has 0 fully saturated rings. The summed E-state index contributed by atoms with van der Waals surface area (Å²) in [5.74, 6) is 0.417. The summed E-state index contributed by atoms with van der Waals surface area (Å²) in [6.07, 6.45) is 0. The molecule has 1 nitrogen and oxygen atoms in total. The van der Waals surface area contributed by atoms with E-state index < -0.39 is 0 Å². The molecule has 0 aromatic heterocycles. The van der Waals surface area contributed by atoms with Gasteiger partial charge in [0.15, 0.2) is 0 Å². The molecule has 0 spiro atoms. The van der Waals surface area contributed by atoms with E-state index >= 15 is 0 Å². The van der Waals surface area contributed by atoms with Gasteiger partial charge >= 0.3 is 0 Å². The molecular weight excluding hydrogens is 268 g/mol. The molecule has 3 aromatic rings. The van der Waals surface area contributed by atoms with Gasteiger partial charge in [0.25, 0.3) is 0 Å². The summed E-state index contributed by atoms with van der Waals surface area (Å²) in [6, 6.07) is 23.5. The van der Waals surface area contributed by atoms with Gasteiger partial charge in [-0.25, -0.2) is 0 Å². The number of aliphatic hydroxyl groups is 1. The maximum atomic E-state index is 9.21. The highest BCUT2D eigenvalue weighted by Crippen LogP contribution is 2.48. The molecule has 22 heavy (non-hydrogen) atoms. The van der Waals surface area contributed by atoms with Gasteiger partial charge in [0, 0.05) is 5.92 Å². The number of aliphatic hydroxyl groups excluding tert-OH is 1. The van der Waals surface area contributed by atoms with Crippen LogP contribution in [0.4, 0.5) is 0 Å². The van der Waals surface area contributed by atoms with Gasteiger partial charge in [-0.15, -0.1) is 0 Å². The Kier molecular flexibility index (Phi) is 3.09. The first-order chi connectivity index (χ1) is 10.8. The van der Waals surface area contributed by atoms with Crippen LogP contribution in [-0.2, 0) is 6.61 Å². The van der Waals surface area contributed by atoms with Crippen LogP contribution >= 0.6 is 0 Å². The quantitative estimate of drug-likeness (QED) is 0.704. The van der Waals surface area contributed by atoms with Crippen LogP contribution in [0, 0.1) is 0 Å². The second-order valence-electron chi connectivity index (χ2n) is 5.93. The van der Waals surface area contributed by atoms with Crippen LogP contribution in [0.15, 0.2) is 66.7 Å². The Morgan fingerprint density at radius 3 is 2.23 bits per heavy atom. The predicted octanol–water partition coefficient (Wildman–Crippen LogP) is 4.98. The lowest BCUT2D eigenvalue weighted by molar-refractivity contribution is 0.282. The molecule has 0 heterocycles. The molecule has 1 aliphatic carbocycles. The lowest BCUT2D eigenvalue weighted by atomic mass is 9.90. The van der Waals surface area contributed by atoms with Crippen LogP contribution in [0.25, 0.3) is 22.3 Å². The molecule has 0 aliphatic heterocycles. The van der Waals surface area contributed by atoms with E-state index in [1.807, 2.05) is 12.1 Å². The molecule has 1 N–H and O–H groups in total. The van der Waals surface area contributed by atoms with Crippen molar-refractivity contribution < 1.29 is 5.11 Å². The monoisotopic (exact) mass is 286 g/mol. The van der Waals surface area contributed by atoms with Crippen LogP contribution in [-0.4, -0.2) is 5.11 Å². The number of benzene rings is 3. The number of rotatable bonds is 2. The van der Waals surface area contributed by atoms with Crippen molar-refractivity contribution in [1.82, 2.24) is 0 Å². The molecule has 1 atom stereocenters. The van der Waals surface area contributed by atoms with Crippen LogP contribution in [0.3, 0.4) is 0 Å². The molecule has 4 rings (SSSR count). The third-order valence-corrected chi connectivity index (χ3v) is 4.70. The summed E-state index contributed by atoms with van der Waals surface area (Å²) in [7, 11) is 0. The fourth-order valence-corrected chi connectivity index (χ4v) is 3.58. The Bertz CT molecular complexity index is 831. The van der Waals surface area contributed by atoms with E-state index in [-0.39, 0.29) is 6.61 Å². The van der Waals surface area contributed by atoms with Gasteiger partial charge in [0.05, 0.1) is 6.61 Å². The average Bonchev–Trinajstić information content (AvgIpc) is 2.89. The smallest absolute Gasteiger partial charge is 0.0681 e. The first kappa shape index (κ1) is 13.3. The minimum Gasteiger partial charge on any atom is -0.392 e.